The van der Waals surface area contributed by atoms with Gasteiger partial charge in [0.1, 0.15) is 17.1 Å². The molecule has 2 atom stereocenters. The molecule has 0 fully saturated rings. The number of carbonyl (C=O) groups excluding carboxylic acids is 3. The number of hydrogen-bond acceptors (Lipinski definition) is 6. The molecule has 1 N–H and O–H groups in total. The average molecular weight is 905 g/mol. The van der Waals surface area contributed by atoms with Crippen molar-refractivity contribution in [3.05, 3.63) is 176 Å². The van der Waals surface area contributed by atoms with Crippen LogP contribution in [0.4, 0.5) is 4.79 Å². The number of ether oxygens (including phenoxy) is 3. The second-order valence-electron chi connectivity index (χ2n) is 14.3. The zero-order valence-corrected chi connectivity index (χ0v) is 38.1. The minimum absolute atomic E-state index is 0.0992. The fraction of sp³-hybridized carbons (Fsp3) is 0.204. The monoisotopic (exact) mass is 902 g/mol. The highest BCUT2D eigenvalue weighted by Crippen LogP contribution is 2.25. The molecule has 320 valence electrons. The van der Waals surface area contributed by atoms with Gasteiger partial charge >= 0.3 is 6.09 Å². The van der Waals surface area contributed by atoms with Crippen molar-refractivity contribution in [2.45, 2.75) is 52.3 Å². The third-order valence-corrected chi connectivity index (χ3v) is 9.32. The van der Waals surface area contributed by atoms with Crippen LogP contribution in [0.5, 0.6) is 11.5 Å². The number of methoxy groups -OCH3 is 2. The molecule has 0 aliphatic rings. The van der Waals surface area contributed by atoms with Gasteiger partial charge in [-0.25, -0.2) is 9.69 Å². The van der Waals surface area contributed by atoms with Gasteiger partial charge in [-0.3, -0.25) is 9.59 Å². The number of halogens is 4. The van der Waals surface area contributed by atoms with Gasteiger partial charge in [0.25, 0.3) is 5.91 Å². The fourth-order valence-corrected chi connectivity index (χ4v) is 5.77. The molecular formula is C49H50Cl4N2O6. The highest BCUT2D eigenvalue weighted by molar-refractivity contribution is 6.32. The summed E-state index contributed by atoms with van der Waals surface area (Å²) in [7, 11) is 3.16. The Bertz CT molecular complexity index is 2260. The van der Waals surface area contributed by atoms with E-state index in [1.807, 2.05) is 85.8 Å². The predicted octanol–water partition coefficient (Wildman–Crippen LogP) is 13.2. The van der Waals surface area contributed by atoms with Crippen molar-refractivity contribution in [3.63, 3.8) is 0 Å². The Labute approximate surface area is 379 Å². The first-order valence-corrected chi connectivity index (χ1v) is 20.6. The Morgan fingerprint density at radius 2 is 1.08 bits per heavy atom. The largest absolute Gasteiger partial charge is 0.497 e. The van der Waals surface area contributed by atoms with Crippen LogP contribution in [0.15, 0.2) is 134 Å². The van der Waals surface area contributed by atoms with Gasteiger partial charge < -0.3 is 19.5 Å². The summed E-state index contributed by atoms with van der Waals surface area (Å²) >= 11 is 24.2. The molecule has 4 aromatic carbocycles. The lowest BCUT2D eigenvalue weighted by molar-refractivity contribution is -0.126. The Morgan fingerprint density at radius 3 is 1.52 bits per heavy atom. The standard InChI is InChI=1S/C27H29Cl2NO4.C22H21Cl2NO2/c1-19(10-11-20-12-15-22(28)16-13-20)30(26(32)34-27(2,3)4)25(31)9-7-6-8-21-14-17-23(33-5)18-24(21)29;1-16(7-8-17-9-12-19(23)13-10-17)25-22(26)6-4-3-5-18-11-14-20(27-2)15-21(18)24/h6-19H,1-5H3;3-16H,1-2H3,(H,25,26)/b8-6+,9-7+,11-10-;5-3+,6-4+,8-7-/t19-;16-/m11/s1. The van der Waals surface area contributed by atoms with E-state index in [4.69, 9.17) is 60.6 Å². The Kier molecular flexibility index (Phi) is 20.7. The van der Waals surface area contributed by atoms with Crippen molar-refractivity contribution in [3.8, 4) is 11.5 Å². The molecule has 0 spiro atoms. The lowest BCUT2D eigenvalue weighted by Crippen LogP contribution is -2.44. The first-order chi connectivity index (χ1) is 29.0. The number of allylic oxidation sites excluding steroid dienone is 4. The van der Waals surface area contributed by atoms with Crippen molar-refractivity contribution in [1.29, 1.82) is 0 Å². The molecule has 0 radical (unpaired) electrons. The first kappa shape index (κ1) is 49.8. The van der Waals surface area contributed by atoms with Gasteiger partial charge in [0.2, 0.25) is 5.91 Å². The molecule has 4 aromatic rings. The van der Waals surface area contributed by atoms with Crippen LogP contribution in [0, 0.1) is 0 Å². The van der Waals surface area contributed by atoms with Crippen LogP contribution in [-0.2, 0) is 14.3 Å². The number of benzene rings is 4. The third-order valence-electron chi connectivity index (χ3n) is 8.16. The van der Waals surface area contributed by atoms with E-state index in [-0.39, 0.29) is 11.9 Å². The summed E-state index contributed by atoms with van der Waals surface area (Å²) in [5.41, 5.74) is 2.78. The molecule has 61 heavy (non-hydrogen) atoms. The van der Waals surface area contributed by atoms with Crippen LogP contribution < -0.4 is 14.8 Å². The van der Waals surface area contributed by atoms with Crippen LogP contribution in [0.25, 0.3) is 24.3 Å². The van der Waals surface area contributed by atoms with Gasteiger partial charge in [0.15, 0.2) is 0 Å². The summed E-state index contributed by atoms with van der Waals surface area (Å²) in [5, 5.41) is 5.31. The molecule has 0 saturated heterocycles. The van der Waals surface area contributed by atoms with Gasteiger partial charge in [-0.1, -0.05) is 131 Å². The minimum Gasteiger partial charge on any atom is -0.497 e. The predicted molar refractivity (Wildman–Crippen MR) is 253 cm³/mol. The number of nitrogens with zero attached hydrogens (tertiary/aromatic N) is 1. The normalized spacial score (nSPS) is 12.8. The van der Waals surface area contributed by atoms with Gasteiger partial charge in [-0.15, -0.1) is 0 Å². The quantitative estimate of drug-likeness (QED) is 0.100. The zero-order chi connectivity index (χ0) is 45.0. The van der Waals surface area contributed by atoms with Crippen LogP contribution in [0.1, 0.15) is 56.9 Å². The van der Waals surface area contributed by atoms with Gasteiger partial charge in [0, 0.05) is 28.2 Å². The molecule has 4 rings (SSSR count). The third kappa shape index (κ3) is 18.7. The van der Waals surface area contributed by atoms with Crippen molar-refractivity contribution < 1.29 is 28.6 Å². The van der Waals surface area contributed by atoms with E-state index >= 15 is 0 Å². The maximum absolute atomic E-state index is 12.9. The summed E-state index contributed by atoms with van der Waals surface area (Å²) in [5.74, 6) is 0.677. The number of hydrogen-bond donors (Lipinski definition) is 1. The van der Waals surface area contributed by atoms with Gasteiger partial charge in [-0.2, -0.15) is 0 Å². The molecule has 0 heterocycles. The van der Waals surface area contributed by atoms with Crippen molar-refractivity contribution >= 4 is 88.6 Å². The molecule has 0 bridgehead atoms. The lowest BCUT2D eigenvalue weighted by Gasteiger charge is -2.28. The average Bonchev–Trinajstić information content (AvgIpc) is 3.21. The van der Waals surface area contributed by atoms with E-state index in [0.717, 1.165) is 27.2 Å². The SMILES string of the molecule is COc1ccc(/C=C/C=C/C(=O)N(C(=O)OC(C)(C)C)[C@H](C)/C=C\c2ccc(Cl)cc2)c(Cl)c1.COc1ccc(/C=C/C=C/C(=O)N[C@H](C)/C=C\c2ccc(Cl)cc2)c(Cl)c1. The number of nitrogens with one attached hydrogen (secondary N) is 1. The molecule has 12 heteroatoms. The first-order valence-electron chi connectivity index (χ1n) is 19.1. The number of carbonyl (C=O) groups is 3. The maximum atomic E-state index is 12.9. The molecular weight excluding hydrogens is 854 g/mol. The molecule has 0 unspecified atom stereocenters. The van der Waals surface area contributed by atoms with Crippen LogP contribution in [-0.4, -0.2) is 54.7 Å². The summed E-state index contributed by atoms with van der Waals surface area (Å²) in [6.07, 6.45) is 19.7. The van der Waals surface area contributed by atoms with E-state index in [1.54, 1.807) is 109 Å². The Morgan fingerprint density at radius 1 is 0.623 bits per heavy atom. The molecule has 0 aliphatic heterocycles. The van der Waals surface area contributed by atoms with Crippen LogP contribution >= 0.6 is 46.4 Å². The van der Waals surface area contributed by atoms with Gasteiger partial charge in [-0.05, 0) is 118 Å². The summed E-state index contributed by atoms with van der Waals surface area (Å²) < 4.78 is 15.7. The van der Waals surface area contributed by atoms with Crippen LogP contribution in [0.2, 0.25) is 20.1 Å². The minimum atomic E-state index is -0.746. The summed E-state index contributed by atoms with van der Waals surface area (Å²) in [6.45, 7) is 8.90. The Balaban J connectivity index is 0.000000334. The van der Waals surface area contributed by atoms with Gasteiger partial charge in [0.05, 0.1) is 30.3 Å². The lowest BCUT2D eigenvalue weighted by atomic mass is 10.1. The fourth-order valence-electron chi connectivity index (χ4n) is 5.05. The number of amides is 3. The second-order valence-corrected chi connectivity index (χ2v) is 15.9. The second kappa shape index (κ2) is 25.3. The number of rotatable bonds is 14. The van der Waals surface area contributed by atoms with E-state index in [1.165, 1.54) is 12.2 Å². The van der Waals surface area contributed by atoms with E-state index in [0.29, 0.717) is 31.6 Å². The summed E-state index contributed by atoms with van der Waals surface area (Å²) in [4.78, 5) is 38.8. The zero-order valence-electron chi connectivity index (χ0n) is 35.1. The molecule has 0 aromatic heterocycles. The molecule has 8 nitrogen and oxygen atoms in total. The van der Waals surface area contributed by atoms with E-state index < -0.39 is 23.6 Å². The smallest absolute Gasteiger partial charge is 0.417 e. The van der Waals surface area contributed by atoms with E-state index in [2.05, 4.69) is 5.32 Å². The molecule has 0 saturated carbocycles. The van der Waals surface area contributed by atoms with E-state index in [9.17, 15) is 14.4 Å². The molecule has 3 amide bonds. The Hall–Kier alpha value is -5.51. The maximum Gasteiger partial charge on any atom is 0.417 e. The highest BCUT2D eigenvalue weighted by Gasteiger charge is 2.29. The molecule has 0 aliphatic carbocycles. The highest BCUT2D eigenvalue weighted by atomic mass is 35.5. The van der Waals surface area contributed by atoms with Crippen molar-refractivity contribution in [2.75, 3.05) is 14.2 Å². The van der Waals surface area contributed by atoms with Crippen molar-refractivity contribution in [2.24, 2.45) is 0 Å². The topological polar surface area (TPSA) is 94.2 Å². The number of imide groups is 1. The van der Waals surface area contributed by atoms with Crippen molar-refractivity contribution in [1.82, 2.24) is 10.2 Å². The van der Waals surface area contributed by atoms with Crippen LogP contribution in [0.3, 0.4) is 0 Å². The summed E-state index contributed by atoms with van der Waals surface area (Å²) in [6, 6.07) is 24.8.